The Labute approximate surface area is 413 Å². The molecule has 0 saturated heterocycles. The zero-order chi connectivity index (χ0) is 49.9. The number of hydrogen-bond acceptors (Lipinski definition) is 10. The summed E-state index contributed by atoms with van der Waals surface area (Å²) in [6, 6.07) is 0. The molecule has 3 unspecified atom stereocenters. The summed E-state index contributed by atoms with van der Waals surface area (Å²) < 4.78 is 39.3. The van der Waals surface area contributed by atoms with Crippen LogP contribution in [0.4, 0.5) is 0 Å². The van der Waals surface area contributed by atoms with Gasteiger partial charge in [-0.2, -0.15) is 0 Å². The van der Waals surface area contributed by atoms with Crippen molar-refractivity contribution >= 4 is 25.7 Å². The minimum absolute atomic E-state index is 0.125. The zero-order valence-electron chi connectivity index (χ0n) is 42.8. The summed E-state index contributed by atoms with van der Waals surface area (Å²) in [6.07, 6.45) is 55.6. The van der Waals surface area contributed by atoms with Crippen molar-refractivity contribution in [2.24, 2.45) is 0 Å². The Morgan fingerprint density at radius 3 is 1.25 bits per heavy atom. The van der Waals surface area contributed by atoms with Gasteiger partial charge in [-0.3, -0.25) is 23.4 Å². The minimum Gasteiger partial charge on any atom is -0.462 e. The van der Waals surface area contributed by atoms with E-state index in [2.05, 4.69) is 106 Å². The summed E-state index contributed by atoms with van der Waals surface area (Å²) in [6.45, 7) is 4.37. The summed E-state index contributed by atoms with van der Waals surface area (Å²) in [5.74, 6) is -1.52. The third-order valence-corrected chi connectivity index (χ3v) is 11.7. The third-order valence-electron chi connectivity index (χ3n) is 10.8. The standard InChI is InChI=1S/C56H95O11P/c1-4-7-10-13-16-19-21-23-24-25-26-27-28-30-32-35-38-41-44-47-56(60)67-53(49-63-54(58)45-42-39-36-33-18-15-12-9-6-3)51-65-68(61,62)64-50-52(48-57)66-55(59)46-43-40-37-34-31-29-22-20-17-14-11-8-5-2/h7,10-11,14,16,19-20,22-24,26-27,30,32,52-53,57H,4-6,8-9,12-13,15,17-18,21,25,28-29,31,33-51H2,1-3H3,(H,61,62)/b10-7-,14-11-,19-16-,22-20-,24-23-,27-26-,32-30-. The van der Waals surface area contributed by atoms with E-state index in [-0.39, 0.29) is 25.9 Å². The largest absolute Gasteiger partial charge is 0.472 e. The van der Waals surface area contributed by atoms with Crippen molar-refractivity contribution in [2.45, 2.75) is 226 Å². The Hall–Kier alpha value is -3.34. The number of unbranched alkanes of at least 4 members (excludes halogenated alkanes) is 17. The summed E-state index contributed by atoms with van der Waals surface area (Å²) in [5, 5.41) is 9.77. The molecular formula is C56H95O11P. The Morgan fingerprint density at radius 1 is 0.426 bits per heavy atom. The molecule has 0 aliphatic carbocycles. The molecule has 0 rings (SSSR count). The van der Waals surface area contributed by atoms with Crippen LogP contribution in [-0.2, 0) is 42.2 Å². The molecule has 390 valence electrons. The number of carbonyl (C=O) groups excluding carboxylic acids is 3. The smallest absolute Gasteiger partial charge is 0.462 e. The summed E-state index contributed by atoms with van der Waals surface area (Å²) in [5.41, 5.74) is 0. The highest BCUT2D eigenvalue weighted by Crippen LogP contribution is 2.43. The van der Waals surface area contributed by atoms with Gasteiger partial charge in [0.15, 0.2) is 6.10 Å². The van der Waals surface area contributed by atoms with Crippen LogP contribution in [0.2, 0.25) is 0 Å². The maximum absolute atomic E-state index is 12.8. The van der Waals surface area contributed by atoms with E-state index in [1.165, 1.54) is 32.1 Å². The predicted octanol–water partition coefficient (Wildman–Crippen LogP) is 15.1. The first kappa shape index (κ1) is 64.7. The topological polar surface area (TPSA) is 155 Å². The van der Waals surface area contributed by atoms with Crippen molar-refractivity contribution in [3.63, 3.8) is 0 Å². The third kappa shape index (κ3) is 47.7. The second-order valence-electron chi connectivity index (χ2n) is 17.3. The lowest BCUT2D eigenvalue weighted by atomic mass is 10.1. The van der Waals surface area contributed by atoms with Gasteiger partial charge < -0.3 is 24.2 Å². The van der Waals surface area contributed by atoms with Crippen LogP contribution in [0.25, 0.3) is 0 Å². The lowest BCUT2D eigenvalue weighted by Crippen LogP contribution is -2.30. The van der Waals surface area contributed by atoms with Crippen LogP contribution in [0, 0.1) is 0 Å². The molecule has 0 aliphatic rings. The van der Waals surface area contributed by atoms with Gasteiger partial charge >= 0.3 is 25.7 Å². The quantitative estimate of drug-likeness (QED) is 0.0197. The first-order valence-electron chi connectivity index (χ1n) is 26.5. The first-order chi connectivity index (χ1) is 33.2. The number of rotatable bonds is 48. The highest BCUT2D eigenvalue weighted by Gasteiger charge is 2.28. The number of carbonyl (C=O) groups is 3. The van der Waals surface area contributed by atoms with E-state index in [1.807, 2.05) is 0 Å². The van der Waals surface area contributed by atoms with E-state index in [0.29, 0.717) is 19.3 Å². The SMILES string of the molecule is CC/C=C\C/C=C\C/C=C\C/C=C\C/C=C\CCCCCC(=O)OC(COC(=O)CCCCCCCCCCC)COP(=O)(O)OCC(CO)OC(=O)CCCCCCC/C=C\C/C=C\CCC. The van der Waals surface area contributed by atoms with Gasteiger partial charge in [0.2, 0.25) is 0 Å². The molecule has 0 aromatic rings. The Kier molecular flexibility index (Phi) is 47.6. The Balaban J connectivity index is 4.76. The molecule has 0 amide bonds. The van der Waals surface area contributed by atoms with Gasteiger partial charge in [0.1, 0.15) is 12.7 Å². The van der Waals surface area contributed by atoms with Crippen molar-refractivity contribution in [3.05, 3.63) is 85.1 Å². The summed E-state index contributed by atoms with van der Waals surface area (Å²) in [4.78, 5) is 48.3. The molecule has 0 saturated carbocycles. The average Bonchev–Trinajstić information content (AvgIpc) is 3.32. The Bertz CT molecular complexity index is 1460. The van der Waals surface area contributed by atoms with Crippen molar-refractivity contribution < 1.29 is 52.2 Å². The van der Waals surface area contributed by atoms with Gasteiger partial charge in [0.05, 0.1) is 19.8 Å². The maximum atomic E-state index is 12.8. The predicted molar refractivity (Wildman–Crippen MR) is 279 cm³/mol. The number of phosphoric acid groups is 1. The van der Waals surface area contributed by atoms with E-state index in [0.717, 1.165) is 122 Å². The fourth-order valence-corrected chi connectivity index (χ4v) is 7.56. The highest BCUT2D eigenvalue weighted by atomic mass is 31.2. The first-order valence-corrected chi connectivity index (χ1v) is 28.0. The van der Waals surface area contributed by atoms with E-state index in [9.17, 15) is 28.9 Å². The van der Waals surface area contributed by atoms with Gasteiger partial charge in [0, 0.05) is 19.3 Å². The normalized spacial score (nSPS) is 14.1. The van der Waals surface area contributed by atoms with Crippen LogP contribution in [0.5, 0.6) is 0 Å². The number of aliphatic hydroxyl groups excluding tert-OH is 1. The number of allylic oxidation sites excluding steroid dienone is 14. The fourth-order valence-electron chi connectivity index (χ4n) is 6.77. The van der Waals surface area contributed by atoms with Crippen LogP contribution in [0.1, 0.15) is 213 Å². The average molecular weight is 975 g/mol. The molecule has 0 aromatic heterocycles. The molecule has 68 heavy (non-hydrogen) atoms. The van der Waals surface area contributed by atoms with E-state index >= 15 is 0 Å². The molecule has 2 N–H and O–H groups in total. The molecule has 0 bridgehead atoms. The minimum atomic E-state index is -4.75. The van der Waals surface area contributed by atoms with Gasteiger partial charge in [-0.05, 0) is 89.9 Å². The second-order valence-corrected chi connectivity index (χ2v) is 18.8. The molecular weight excluding hydrogens is 880 g/mol. The van der Waals surface area contributed by atoms with Crippen LogP contribution in [0.3, 0.4) is 0 Å². The summed E-state index contributed by atoms with van der Waals surface area (Å²) in [7, 11) is -4.75. The van der Waals surface area contributed by atoms with Crippen LogP contribution in [0.15, 0.2) is 85.1 Å². The van der Waals surface area contributed by atoms with Crippen LogP contribution < -0.4 is 0 Å². The molecule has 12 heteroatoms. The highest BCUT2D eigenvalue weighted by molar-refractivity contribution is 7.47. The second kappa shape index (κ2) is 50.1. The lowest BCUT2D eigenvalue weighted by molar-refractivity contribution is -0.161. The zero-order valence-corrected chi connectivity index (χ0v) is 43.7. The number of hydrogen-bond donors (Lipinski definition) is 2. The van der Waals surface area contributed by atoms with E-state index < -0.39 is 57.8 Å². The van der Waals surface area contributed by atoms with Crippen LogP contribution >= 0.6 is 7.82 Å². The molecule has 3 atom stereocenters. The van der Waals surface area contributed by atoms with Crippen molar-refractivity contribution in [1.82, 2.24) is 0 Å². The molecule has 0 fully saturated rings. The molecule has 0 heterocycles. The van der Waals surface area contributed by atoms with Crippen molar-refractivity contribution in [1.29, 1.82) is 0 Å². The molecule has 0 radical (unpaired) electrons. The molecule has 0 spiro atoms. The number of ether oxygens (including phenoxy) is 3. The lowest BCUT2D eigenvalue weighted by Gasteiger charge is -2.21. The monoisotopic (exact) mass is 975 g/mol. The van der Waals surface area contributed by atoms with Gasteiger partial charge in [-0.15, -0.1) is 0 Å². The van der Waals surface area contributed by atoms with Gasteiger partial charge in [0.25, 0.3) is 0 Å². The van der Waals surface area contributed by atoms with E-state index in [4.69, 9.17) is 23.3 Å². The molecule has 0 aromatic carbocycles. The van der Waals surface area contributed by atoms with Gasteiger partial charge in [-0.25, -0.2) is 4.57 Å². The Morgan fingerprint density at radius 2 is 0.794 bits per heavy atom. The van der Waals surface area contributed by atoms with E-state index in [1.54, 1.807) is 0 Å². The molecule has 11 nitrogen and oxygen atoms in total. The number of esters is 3. The van der Waals surface area contributed by atoms with Crippen LogP contribution in [-0.4, -0.2) is 66.5 Å². The summed E-state index contributed by atoms with van der Waals surface area (Å²) >= 11 is 0. The number of phosphoric ester groups is 1. The molecule has 0 aliphatic heterocycles. The van der Waals surface area contributed by atoms with Crippen molar-refractivity contribution in [2.75, 3.05) is 26.4 Å². The van der Waals surface area contributed by atoms with Crippen molar-refractivity contribution in [3.8, 4) is 0 Å². The fraction of sp³-hybridized carbons (Fsp3) is 0.696. The number of aliphatic hydroxyl groups is 1. The maximum Gasteiger partial charge on any atom is 0.472 e. The van der Waals surface area contributed by atoms with Gasteiger partial charge in [-0.1, -0.05) is 189 Å².